The van der Waals surface area contributed by atoms with Crippen molar-refractivity contribution in [3.05, 3.63) is 104 Å². The fraction of sp³-hybridized carbons (Fsp3) is 0.270. The van der Waals surface area contributed by atoms with Crippen molar-refractivity contribution >= 4 is 40.7 Å². The van der Waals surface area contributed by atoms with E-state index >= 15 is 4.39 Å². The first-order valence-electron chi connectivity index (χ1n) is 16.4. The summed E-state index contributed by atoms with van der Waals surface area (Å²) in [7, 11) is 3.22. The number of carbonyl (C=O) groups excluding carboxylic acids is 1. The maximum atomic E-state index is 15.7. The number of fused-ring (bicyclic) bond motifs is 1. The summed E-state index contributed by atoms with van der Waals surface area (Å²) in [5, 5.41) is 25.1. The SMILES string of the molecule is COc1nc(-c2cccc(-c3cccc(-c4ccn5c(=O)c(CNC[C@@H](O)CC(=O)O)cnc5c4)c3Cl)c2Cl)cc(F)c1CN(C)[C@H]1CCC(=O)N1. The van der Waals surface area contributed by atoms with Crippen LogP contribution in [0.2, 0.25) is 10.0 Å². The van der Waals surface area contributed by atoms with Crippen molar-refractivity contribution in [3.63, 3.8) is 0 Å². The molecule has 52 heavy (non-hydrogen) atoms. The van der Waals surface area contributed by atoms with Gasteiger partial charge in [-0.3, -0.25) is 23.7 Å². The van der Waals surface area contributed by atoms with Crippen molar-refractivity contribution in [2.75, 3.05) is 20.7 Å². The van der Waals surface area contributed by atoms with Crippen molar-refractivity contribution in [1.82, 2.24) is 29.9 Å². The van der Waals surface area contributed by atoms with Crippen LogP contribution in [0.3, 0.4) is 0 Å². The molecule has 15 heteroatoms. The van der Waals surface area contributed by atoms with E-state index in [2.05, 4.69) is 20.6 Å². The van der Waals surface area contributed by atoms with Crippen LogP contribution in [0.25, 0.3) is 39.2 Å². The molecule has 2 aromatic carbocycles. The quantitative estimate of drug-likeness (QED) is 0.127. The Hall–Kier alpha value is -4.92. The molecule has 0 bridgehead atoms. The van der Waals surface area contributed by atoms with E-state index in [0.29, 0.717) is 61.9 Å². The second kappa shape index (κ2) is 15.8. The number of nitrogens with one attached hydrogen (secondary N) is 2. The zero-order chi connectivity index (χ0) is 37.1. The van der Waals surface area contributed by atoms with Gasteiger partial charge < -0.3 is 25.6 Å². The average molecular weight is 750 g/mol. The highest BCUT2D eigenvalue weighted by Gasteiger charge is 2.27. The van der Waals surface area contributed by atoms with Crippen LogP contribution in [0.15, 0.2) is 71.8 Å². The van der Waals surface area contributed by atoms with Gasteiger partial charge in [0.25, 0.3) is 5.56 Å². The Morgan fingerprint density at radius 1 is 1.12 bits per heavy atom. The molecule has 270 valence electrons. The molecule has 1 fully saturated rings. The van der Waals surface area contributed by atoms with Crippen LogP contribution in [0.1, 0.15) is 30.4 Å². The number of rotatable bonds is 13. The lowest BCUT2D eigenvalue weighted by Crippen LogP contribution is -2.40. The number of halogens is 3. The predicted octanol–water partition coefficient (Wildman–Crippen LogP) is 5.14. The van der Waals surface area contributed by atoms with Gasteiger partial charge in [-0.05, 0) is 31.2 Å². The van der Waals surface area contributed by atoms with E-state index < -0.39 is 24.3 Å². The molecule has 0 radical (unpaired) electrons. The second-order valence-corrected chi connectivity index (χ2v) is 13.2. The number of pyridine rings is 2. The molecule has 2 atom stereocenters. The van der Waals surface area contributed by atoms with Gasteiger partial charge in [-0.1, -0.05) is 59.6 Å². The molecule has 0 unspecified atom stereocenters. The molecule has 1 aliphatic rings. The summed E-state index contributed by atoms with van der Waals surface area (Å²) in [6.07, 6.45) is 2.37. The van der Waals surface area contributed by atoms with E-state index in [0.717, 1.165) is 0 Å². The van der Waals surface area contributed by atoms with Crippen LogP contribution >= 0.6 is 23.2 Å². The number of hydrogen-bond acceptors (Lipinski definition) is 9. The third kappa shape index (κ3) is 7.78. The molecule has 4 heterocycles. The minimum absolute atomic E-state index is 0.00408. The van der Waals surface area contributed by atoms with Crippen LogP contribution in [0.4, 0.5) is 4.39 Å². The Labute approximate surface area is 307 Å². The minimum Gasteiger partial charge on any atom is -0.481 e. The zero-order valence-corrected chi connectivity index (χ0v) is 29.7. The van der Waals surface area contributed by atoms with Gasteiger partial charge in [-0.25, -0.2) is 14.4 Å². The number of hydrogen-bond donors (Lipinski definition) is 4. The number of carboxylic acid groups (broad SMARTS) is 1. The third-order valence-corrected chi connectivity index (χ3v) is 9.71. The molecule has 1 saturated heterocycles. The van der Waals surface area contributed by atoms with Gasteiger partial charge in [0.1, 0.15) is 11.5 Å². The maximum Gasteiger partial charge on any atom is 0.306 e. The van der Waals surface area contributed by atoms with E-state index in [1.54, 1.807) is 43.6 Å². The van der Waals surface area contributed by atoms with Gasteiger partial charge in [-0.15, -0.1) is 0 Å². The van der Waals surface area contributed by atoms with Crippen LogP contribution in [0, 0.1) is 5.82 Å². The topological polar surface area (TPSA) is 158 Å². The lowest BCUT2D eigenvalue weighted by atomic mass is 9.97. The number of aromatic nitrogens is 3. The Bertz CT molecular complexity index is 2230. The summed E-state index contributed by atoms with van der Waals surface area (Å²) < 4.78 is 22.6. The molecular weight excluding hydrogens is 714 g/mol. The van der Waals surface area contributed by atoms with Gasteiger partial charge in [0.05, 0.1) is 47.1 Å². The highest BCUT2D eigenvalue weighted by Crippen LogP contribution is 2.42. The van der Waals surface area contributed by atoms with Crippen LogP contribution < -0.4 is 20.9 Å². The number of amides is 1. The monoisotopic (exact) mass is 748 g/mol. The van der Waals surface area contributed by atoms with Gasteiger partial charge in [0.2, 0.25) is 11.8 Å². The third-order valence-electron chi connectivity index (χ3n) is 8.90. The van der Waals surface area contributed by atoms with Crippen molar-refractivity contribution in [1.29, 1.82) is 0 Å². The Kier molecular flexibility index (Phi) is 11.2. The van der Waals surface area contributed by atoms with E-state index in [9.17, 15) is 19.5 Å². The summed E-state index contributed by atoms with van der Waals surface area (Å²) in [4.78, 5) is 46.5. The van der Waals surface area contributed by atoms with E-state index in [-0.39, 0.29) is 54.4 Å². The summed E-state index contributed by atoms with van der Waals surface area (Å²) >= 11 is 14.0. The van der Waals surface area contributed by atoms with Crippen molar-refractivity contribution in [2.45, 2.75) is 44.6 Å². The number of ether oxygens (including phenoxy) is 1. The maximum absolute atomic E-state index is 15.7. The average Bonchev–Trinajstić information content (AvgIpc) is 3.56. The second-order valence-electron chi connectivity index (χ2n) is 12.5. The van der Waals surface area contributed by atoms with Gasteiger partial charge in [0, 0.05) is 72.3 Å². The highest BCUT2D eigenvalue weighted by molar-refractivity contribution is 6.39. The number of methoxy groups -OCH3 is 1. The first-order valence-corrected chi connectivity index (χ1v) is 17.1. The lowest BCUT2D eigenvalue weighted by molar-refractivity contribution is -0.139. The van der Waals surface area contributed by atoms with Crippen molar-refractivity contribution in [2.24, 2.45) is 0 Å². The van der Waals surface area contributed by atoms with Gasteiger partial charge >= 0.3 is 5.97 Å². The van der Waals surface area contributed by atoms with E-state index in [4.69, 9.17) is 33.0 Å². The lowest BCUT2D eigenvalue weighted by Gasteiger charge is -2.25. The number of benzene rings is 2. The molecule has 5 aromatic rings. The van der Waals surface area contributed by atoms with Crippen LogP contribution in [-0.4, -0.2) is 74.3 Å². The Morgan fingerprint density at radius 3 is 2.48 bits per heavy atom. The molecule has 1 amide bonds. The molecule has 0 saturated carbocycles. The smallest absolute Gasteiger partial charge is 0.306 e. The number of nitrogens with zero attached hydrogens (tertiary/aromatic N) is 4. The van der Waals surface area contributed by atoms with Crippen molar-refractivity contribution in [3.8, 4) is 39.4 Å². The minimum atomic E-state index is -1.12. The normalized spacial score (nSPS) is 14.9. The molecule has 0 aliphatic carbocycles. The molecule has 4 N–H and O–H groups in total. The predicted molar refractivity (Wildman–Crippen MR) is 195 cm³/mol. The van der Waals surface area contributed by atoms with E-state index in [1.165, 1.54) is 23.8 Å². The molecular formula is C37H35Cl2FN6O6. The molecule has 12 nitrogen and oxygen atoms in total. The fourth-order valence-corrected chi connectivity index (χ4v) is 6.87. The number of aliphatic carboxylic acids is 1. The molecule has 3 aromatic heterocycles. The van der Waals surface area contributed by atoms with E-state index in [1.807, 2.05) is 23.1 Å². The standard InChI is InChI=1S/C37H35Cl2FN6O6/c1-45(30-9-10-32(48)44-30)19-27-28(40)15-29(43-36(27)52-2)26-8-4-7-25(35(26)39)24-6-3-5-23(34(24)38)20-11-12-46-31(13-20)42-17-21(37(46)51)16-41-18-22(47)14-33(49)50/h3-8,11-13,15,17,22,30,41,47H,9-10,14,16,18-19H2,1-2H3,(H,44,48)(H,49,50)/t22-,30-/m0/s1. The fourth-order valence-electron chi connectivity index (χ4n) is 6.21. The molecule has 1 aliphatic heterocycles. The molecule has 0 spiro atoms. The van der Waals surface area contributed by atoms with Crippen LogP contribution in [-0.2, 0) is 22.7 Å². The van der Waals surface area contributed by atoms with Crippen molar-refractivity contribution < 1.29 is 28.9 Å². The first-order chi connectivity index (χ1) is 24.9. The summed E-state index contributed by atoms with van der Waals surface area (Å²) in [5.41, 5.74) is 3.96. The summed E-state index contributed by atoms with van der Waals surface area (Å²) in [6.45, 7) is 0.268. The number of aliphatic hydroxyl groups is 1. The largest absolute Gasteiger partial charge is 0.481 e. The van der Waals surface area contributed by atoms with Crippen LogP contribution in [0.5, 0.6) is 5.88 Å². The number of aliphatic hydroxyl groups excluding tert-OH is 1. The van der Waals surface area contributed by atoms with Gasteiger partial charge in [-0.2, -0.15) is 0 Å². The number of carboxylic acids is 1. The highest BCUT2D eigenvalue weighted by atomic mass is 35.5. The first kappa shape index (κ1) is 36.9. The molecule has 6 rings (SSSR count). The Balaban J connectivity index is 1.27. The van der Waals surface area contributed by atoms with Gasteiger partial charge in [0.15, 0.2) is 0 Å². The summed E-state index contributed by atoms with van der Waals surface area (Å²) in [6, 6.07) is 15.6. The zero-order valence-electron chi connectivity index (χ0n) is 28.2. The Morgan fingerprint density at radius 2 is 1.81 bits per heavy atom. The number of carbonyl (C=O) groups is 2. The summed E-state index contributed by atoms with van der Waals surface area (Å²) in [5.74, 6) is -1.58.